The van der Waals surface area contributed by atoms with E-state index in [-0.39, 0.29) is 5.91 Å². The Bertz CT molecular complexity index is 1230. The van der Waals surface area contributed by atoms with Gasteiger partial charge in [0.05, 0.1) is 11.4 Å². The van der Waals surface area contributed by atoms with Gasteiger partial charge in [-0.1, -0.05) is 30.3 Å². The number of imidazole rings is 2. The summed E-state index contributed by atoms with van der Waals surface area (Å²) in [4.78, 5) is 31.0. The Morgan fingerprint density at radius 1 is 1.19 bits per heavy atom. The summed E-state index contributed by atoms with van der Waals surface area (Å²) in [5.74, 6) is 1.20. The van der Waals surface area contributed by atoms with E-state index in [0.717, 1.165) is 60.2 Å². The molecule has 4 heterocycles. The van der Waals surface area contributed by atoms with Crippen molar-refractivity contribution in [1.82, 2.24) is 29.2 Å². The van der Waals surface area contributed by atoms with Gasteiger partial charge in [0.2, 0.25) is 0 Å². The maximum atomic E-state index is 12.8. The lowest BCUT2D eigenvalue weighted by molar-refractivity contribution is 0.0823. The zero-order chi connectivity index (χ0) is 22.2. The molecular formula is C24H28N6OS. The molecular weight excluding hydrogens is 420 g/mol. The van der Waals surface area contributed by atoms with E-state index in [1.165, 1.54) is 5.69 Å². The minimum Gasteiger partial charge on any atom is -0.343 e. The van der Waals surface area contributed by atoms with Crippen LogP contribution in [-0.4, -0.2) is 62.2 Å². The summed E-state index contributed by atoms with van der Waals surface area (Å²) in [6, 6.07) is 9.96. The quantitative estimate of drug-likeness (QED) is 0.497. The fourth-order valence-corrected chi connectivity index (χ4v) is 5.25. The van der Waals surface area contributed by atoms with E-state index in [0.29, 0.717) is 11.6 Å². The van der Waals surface area contributed by atoms with Crippen molar-refractivity contribution in [1.29, 1.82) is 0 Å². The van der Waals surface area contributed by atoms with Crippen LogP contribution in [0.5, 0.6) is 0 Å². The van der Waals surface area contributed by atoms with Gasteiger partial charge in [-0.15, -0.1) is 11.3 Å². The topological polar surface area (TPSA) is 69.5 Å². The van der Waals surface area contributed by atoms with E-state index < -0.39 is 0 Å². The Hall–Kier alpha value is -2.97. The van der Waals surface area contributed by atoms with Crippen molar-refractivity contribution in [3.05, 3.63) is 64.8 Å². The van der Waals surface area contributed by atoms with Gasteiger partial charge in [0.15, 0.2) is 4.96 Å². The van der Waals surface area contributed by atoms with Crippen LogP contribution in [-0.2, 0) is 6.54 Å². The van der Waals surface area contributed by atoms with Crippen LogP contribution >= 0.6 is 11.3 Å². The molecule has 0 radical (unpaired) electrons. The van der Waals surface area contributed by atoms with Gasteiger partial charge in [-0.3, -0.25) is 14.1 Å². The Balaban J connectivity index is 1.33. The maximum Gasteiger partial charge on any atom is 0.272 e. The van der Waals surface area contributed by atoms with Crippen molar-refractivity contribution in [3.63, 3.8) is 0 Å². The van der Waals surface area contributed by atoms with E-state index in [1.807, 2.05) is 30.3 Å². The van der Waals surface area contributed by atoms with Gasteiger partial charge in [0.25, 0.3) is 5.91 Å². The summed E-state index contributed by atoms with van der Waals surface area (Å²) in [5.41, 5.74) is 4.69. The summed E-state index contributed by atoms with van der Waals surface area (Å²) in [6.45, 7) is 5.01. The molecule has 0 atom stereocenters. The van der Waals surface area contributed by atoms with Crippen molar-refractivity contribution >= 4 is 22.2 Å². The van der Waals surface area contributed by atoms with E-state index in [1.54, 1.807) is 30.3 Å². The van der Waals surface area contributed by atoms with Crippen LogP contribution in [0.3, 0.4) is 0 Å². The van der Waals surface area contributed by atoms with Crippen LogP contribution in [0.4, 0.5) is 0 Å². The number of likely N-dealkylation sites (tertiary alicyclic amines) is 1. The van der Waals surface area contributed by atoms with Crippen molar-refractivity contribution < 1.29 is 4.79 Å². The largest absolute Gasteiger partial charge is 0.343 e. The molecule has 0 saturated carbocycles. The molecule has 166 valence electrons. The van der Waals surface area contributed by atoms with Crippen LogP contribution in [0.15, 0.2) is 41.9 Å². The SMILES string of the molecule is Cc1nc2sccn2c1CN1CCC(c2nc(-c3ccccc3)c(C(=O)N(C)C)[nH]2)CC1. The lowest BCUT2D eigenvalue weighted by atomic mass is 9.96. The number of piperidine rings is 1. The number of aryl methyl sites for hydroxylation is 1. The van der Waals surface area contributed by atoms with Crippen LogP contribution in [0, 0.1) is 6.92 Å². The van der Waals surface area contributed by atoms with Crippen molar-refractivity contribution in [2.45, 2.75) is 32.2 Å². The van der Waals surface area contributed by atoms with Crippen LogP contribution in [0.2, 0.25) is 0 Å². The standard InChI is InChI=1S/C24H28N6OS/c1-16-19(30-13-14-32-24(30)25-16)15-29-11-9-18(10-12-29)22-26-20(17-7-5-4-6-8-17)21(27-22)23(31)28(2)3/h4-8,13-14,18H,9-12,15H2,1-3H3,(H,26,27). The molecule has 1 aromatic carbocycles. The smallest absolute Gasteiger partial charge is 0.272 e. The first-order valence-corrected chi connectivity index (χ1v) is 11.9. The predicted molar refractivity (Wildman–Crippen MR) is 127 cm³/mol. The number of amides is 1. The first kappa shape index (κ1) is 20.9. The number of nitrogens with one attached hydrogen (secondary N) is 1. The zero-order valence-electron chi connectivity index (χ0n) is 18.7. The molecule has 0 bridgehead atoms. The third kappa shape index (κ3) is 3.84. The second-order valence-electron chi connectivity index (χ2n) is 8.66. The summed E-state index contributed by atoms with van der Waals surface area (Å²) in [6.07, 6.45) is 4.14. The van der Waals surface area contributed by atoms with Gasteiger partial charge in [-0.25, -0.2) is 9.97 Å². The number of hydrogen-bond donors (Lipinski definition) is 1. The Morgan fingerprint density at radius 3 is 2.66 bits per heavy atom. The number of aromatic nitrogens is 4. The molecule has 0 aliphatic carbocycles. The molecule has 0 spiro atoms. The molecule has 1 amide bonds. The van der Waals surface area contributed by atoms with E-state index >= 15 is 0 Å². The number of carbonyl (C=O) groups excluding carboxylic acids is 1. The molecule has 1 aliphatic heterocycles. The number of hydrogen-bond acceptors (Lipinski definition) is 5. The minimum absolute atomic E-state index is 0.0453. The van der Waals surface area contributed by atoms with Gasteiger partial charge >= 0.3 is 0 Å². The average molecular weight is 449 g/mol. The third-order valence-electron chi connectivity index (χ3n) is 6.30. The zero-order valence-corrected chi connectivity index (χ0v) is 19.5. The molecule has 1 aliphatic rings. The predicted octanol–water partition coefficient (Wildman–Crippen LogP) is 4.18. The highest BCUT2D eigenvalue weighted by atomic mass is 32.1. The van der Waals surface area contributed by atoms with Gasteiger partial charge in [0.1, 0.15) is 17.2 Å². The van der Waals surface area contributed by atoms with Crippen molar-refractivity contribution in [3.8, 4) is 11.3 Å². The fourth-order valence-electron chi connectivity index (χ4n) is 4.48. The first-order valence-electron chi connectivity index (χ1n) is 11.0. The minimum atomic E-state index is -0.0453. The molecule has 4 aromatic rings. The number of thiazole rings is 1. The number of aromatic amines is 1. The van der Waals surface area contributed by atoms with Crippen LogP contribution < -0.4 is 0 Å². The number of benzene rings is 1. The van der Waals surface area contributed by atoms with E-state index in [2.05, 4.69) is 37.8 Å². The lowest BCUT2D eigenvalue weighted by Crippen LogP contribution is -2.33. The molecule has 32 heavy (non-hydrogen) atoms. The van der Waals surface area contributed by atoms with Gasteiger partial charge < -0.3 is 9.88 Å². The van der Waals surface area contributed by atoms with Crippen molar-refractivity contribution in [2.75, 3.05) is 27.2 Å². The molecule has 1 N–H and O–H groups in total. The average Bonchev–Trinajstić information content (AvgIpc) is 3.51. The van der Waals surface area contributed by atoms with Crippen LogP contribution in [0.1, 0.15) is 46.5 Å². The number of H-pyrrole nitrogens is 1. The molecule has 1 fully saturated rings. The summed E-state index contributed by atoms with van der Waals surface area (Å²) >= 11 is 1.68. The van der Waals surface area contributed by atoms with Gasteiger partial charge in [-0.2, -0.15) is 0 Å². The van der Waals surface area contributed by atoms with Crippen molar-refractivity contribution in [2.24, 2.45) is 0 Å². The second kappa shape index (κ2) is 8.52. The fraction of sp³-hybridized carbons (Fsp3) is 0.375. The highest BCUT2D eigenvalue weighted by Crippen LogP contribution is 2.31. The maximum absolute atomic E-state index is 12.8. The molecule has 3 aromatic heterocycles. The summed E-state index contributed by atoms with van der Waals surface area (Å²) in [5, 5.41) is 2.09. The summed E-state index contributed by atoms with van der Waals surface area (Å²) in [7, 11) is 3.55. The van der Waals surface area contributed by atoms with Gasteiger partial charge in [0, 0.05) is 43.7 Å². The first-order chi connectivity index (χ1) is 15.5. The Labute approximate surface area is 191 Å². The van der Waals surface area contributed by atoms with Crippen LogP contribution in [0.25, 0.3) is 16.2 Å². The molecule has 0 unspecified atom stereocenters. The third-order valence-corrected chi connectivity index (χ3v) is 7.05. The van der Waals surface area contributed by atoms with E-state index in [9.17, 15) is 4.79 Å². The highest BCUT2D eigenvalue weighted by molar-refractivity contribution is 7.15. The molecule has 8 heteroatoms. The molecule has 7 nitrogen and oxygen atoms in total. The monoisotopic (exact) mass is 448 g/mol. The lowest BCUT2D eigenvalue weighted by Gasteiger charge is -2.31. The number of fused-ring (bicyclic) bond motifs is 1. The molecule has 5 rings (SSSR count). The summed E-state index contributed by atoms with van der Waals surface area (Å²) < 4.78 is 2.21. The second-order valence-corrected chi connectivity index (χ2v) is 9.53. The Kier molecular flexibility index (Phi) is 5.57. The highest BCUT2D eigenvalue weighted by Gasteiger charge is 2.27. The normalized spacial score (nSPS) is 15.5. The van der Waals surface area contributed by atoms with Gasteiger partial charge in [-0.05, 0) is 32.9 Å². The number of rotatable bonds is 5. The van der Waals surface area contributed by atoms with E-state index in [4.69, 9.17) is 4.98 Å². The number of nitrogens with zero attached hydrogens (tertiary/aromatic N) is 5. The molecule has 1 saturated heterocycles. The number of carbonyl (C=O) groups is 1. The Morgan fingerprint density at radius 2 is 1.94 bits per heavy atom.